The van der Waals surface area contributed by atoms with Crippen molar-refractivity contribution in [3.05, 3.63) is 64.7 Å². The van der Waals surface area contributed by atoms with Crippen LogP contribution >= 0.6 is 0 Å². The van der Waals surface area contributed by atoms with Gasteiger partial charge in [-0.15, -0.1) is 0 Å². The third-order valence-electron chi connectivity index (χ3n) is 3.56. The maximum Gasteiger partial charge on any atom is 0.0403 e. The molecule has 2 rings (SSSR count). The summed E-state index contributed by atoms with van der Waals surface area (Å²) in [5.74, 6) is 0.544. The van der Waals surface area contributed by atoms with Crippen molar-refractivity contribution in [3.63, 3.8) is 0 Å². The fourth-order valence-corrected chi connectivity index (χ4v) is 2.34. The predicted molar refractivity (Wildman–Crippen MR) is 83.8 cm³/mol. The van der Waals surface area contributed by atoms with E-state index in [1.165, 1.54) is 27.9 Å². The minimum absolute atomic E-state index is 0.544. The minimum Gasteiger partial charge on any atom is -0.381 e. The van der Waals surface area contributed by atoms with Crippen LogP contribution in [0.5, 0.6) is 0 Å². The van der Waals surface area contributed by atoms with Gasteiger partial charge < -0.3 is 5.32 Å². The average molecular weight is 253 g/mol. The van der Waals surface area contributed by atoms with Gasteiger partial charge in [-0.2, -0.15) is 0 Å². The summed E-state index contributed by atoms with van der Waals surface area (Å²) in [5.41, 5.74) is 6.67. The summed E-state index contributed by atoms with van der Waals surface area (Å²) in [6.07, 6.45) is 0. The van der Waals surface area contributed by atoms with Crippen molar-refractivity contribution in [2.45, 2.75) is 40.2 Å². The van der Waals surface area contributed by atoms with Gasteiger partial charge in [0.05, 0.1) is 0 Å². The number of rotatable bonds is 4. The SMILES string of the molecule is Cc1ccc(C)c(CNc2ccccc2C(C)C)c1. The van der Waals surface area contributed by atoms with E-state index in [1.54, 1.807) is 0 Å². The van der Waals surface area contributed by atoms with Gasteiger partial charge in [-0.05, 0) is 42.5 Å². The highest BCUT2D eigenvalue weighted by Crippen LogP contribution is 2.24. The van der Waals surface area contributed by atoms with Gasteiger partial charge in [-0.25, -0.2) is 0 Å². The van der Waals surface area contributed by atoms with E-state index in [4.69, 9.17) is 0 Å². The van der Waals surface area contributed by atoms with Crippen molar-refractivity contribution in [2.75, 3.05) is 5.32 Å². The van der Waals surface area contributed by atoms with Crippen molar-refractivity contribution >= 4 is 5.69 Å². The zero-order valence-electron chi connectivity index (χ0n) is 12.3. The van der Waals surface area contributed by atoms with E-state index in [0.717, 1.165) is 6.54 Å². The Kier molecular flexibility index (Phi) is 4.26. The molecule has 0 bridgehead atoms. The molecule has 0 radical (unpaired) electrons. The van der Waals surface area contributed by atoms with Crippen LogP contribution in [0.15, 0.2) is 42.5 Å². The first-order valence-electron chi connectivity index (χ1n) is 6.97. The predicted octanol–water partition coefficient (Wildman–Crippen LogP) is 5.04. The number of aryl methyl sites for hydroxylation is 2. The molecule has 100 valence electrons. The monoisotopic (exact) mass is 253 g/mol. The zero-order chi connectivity index (χ0) is 13.8. The lowest BCUT2D eigenvalue weighted by Crippen LogP contribution is -2.04. The van der Waals surface area contributed by atoms with E-state index in [9.17, 15) is 0 Å². The van der Waals surface area contributed by atoms with Crippen LogP contribution in [0.1, 0.15) is 42.0 Å². The largest absolute Gasteiger partial charge is 0.381 e. The van der Waals surface area contributed by atoms with Gasteiger partial charge in [0.1, 0.15) is 0 Å². The molecular formula is C18H23N. The highest BCUT2D eigenvalue weighted by molar-refractivity contribution is 5.53. The first-order chi connectivity index (χ1) is 9.08. The van der Waals surface area contributed by atoms with Gasteiger partial charge >= 0.3 is 0 Å². The minimum atomic E-state index is 0.544. The third kappa shape index (κ3) is 3.37. The zero-order valence-corrected chi connectivity index (χ0v) is 12.3. The van der Waals surface area contributed by atoms with Crippen LogP contribution in [0.4, 0.5) is 5.69 Å². The normalized spacial score (nSPS) is 10.8. The van der Waals surface area contributed by atoms with E-state index in [0.29, 0.717) is 5.92 Å². The second kappa shape index (κ2) is 5.92. The second-order valence-electron chi connectivity index (χ2n) is 5.53. The van der Waals surface area contributed by atoms with Crippen LogP contribution in [-0.4, -0.2) is 0 Å². The Balaban J connectivity index is 2.17. The Morgan fingerprint density at radius 3 is 2.47 bits per heavy atom. The lowest BCUT2D eigenvalue weighted by Gasteiger charge is -2.15. The van der Waals surface area contributed by atoms with E-state index >= 15 is 0 Å². The second-order valence-corrected chi connectivity index (χ2v) is 5.53. The molecule has 0 saturated heterocycles. The standard InChI is InChI=1S/C18H23N/c1-13(2)17-7-5-6-8-18(17)19-12-16-11-14(3)9-10-15(16)4/h5-11,13,19H,12H2,1-4H3. The Morgan fingerprint density at radius 1 is 1.00 bits per heavy atom. The van der Waals surface area contributed by atoms with Crippen molar-refractivity contribution in [1.29, 1.82) is 0 Å². The molecule has 0 fully saturated rings. The summed E-state index contributed by atoms with van der Waals surface area (Å²) in [4.78, 5) is 0. The average Bonchev–Trinajstić information content (AvgIpc) is 2.40. The number of para-hydroxylation sites is 1. The first kappa shape index (κ1) is 13.7. The quantitative estimate of drug-likeness (QED) is 0.805. The number of nitrogens with one attached hydrogen (secondary N) is 1. The molecule has 1 nitrogen and oxygen atoms in total. The van der Waals surface area contributed by atoms with Crippen LogP contribution in [0.2, 0.25) is 0 Å². The van der Waals surface area contributed by atoms with Crippen molar-refractivity contribution in [2.24, 2.45) is 0 Å². The summed E-state index contributed by atoms with van der Waals surface area (Å²) >= 11 is 0. The van der Waals surface area contributed by atoms with Crippen molar-refractivity contribution < 1.29 is 0 Å². The number of benzene rings is 2. The highest BCUT2D eigenvalue weighted by Gasteiger charge is 2.06. The molecule has 2 aromatic carbocycles. The maximum absolute atomic E-state index is 3.58. The smallest absolute Gasteiger partial charge is 0.0403 e. The van der Waals surface area contributed by atoms with Crippen LogP contribution in [0.25, 0.3) is 0 Å². The summed E-state index contributed by atoms with van der Waals surface area (Å²) in [6.45, 7) is 9.67. The topological polar surface area (TPSA) is 12.0 Å². The molecule has 0 aromatic heterocycles. The molecule has 0 saturated carbocycles. The van der Waals surface area contributed by atoms with Gasteiger partial charge in [-0.1, -0.05) is 55.8 Å². The van der Waals surface area contributed by atoms with Gasteiger partial charge in [0.2, 0.25) is 0 Å². The Hall–Kier alpha value is -1.76. The van der Waals surface area contributed by atoms with E-state index < -0.39 is 0 Å². The highest BCUT2D eigenvalue weighted by atomic mass is 14.9. The lowest BCUT2D eigenvalue weighted by molar-refractivity contribution is 0.865. The number of hydrogen-bond donors (Lipinski definition) is 1. The molecule has 0 aliphatic carbocycles. The molecule has 0 aliphatic heterocycles. The molecule has 0 aliphatic rings. The Morgan fingerprint density at radius 2 is 1.74 bits per heavy atom. The number of anilines is 1. The first-order valence-corrected chi connectivity index (χ1v) is 6.97. The van der Waals surface area contributed by atoms with Crippen LogP contribution in [0.3, 0.4) is 0 Å². The molecular weight excluding hydrogens is 230 g/mol. The van der Waals surface area contributed by atoms with Crippen LogP contribution in [0, 0.1) is 13.8 Å². The van der Waals surface area contributed by atoms with Crippen molar-refractivity contribution in [1.82, 2.24) is 0 Å². The van der Waals surface area contributed by atoms with E-state index in [2.05, 4.69) is 75.5 Å². The Labute approximate surface area is 116 Å². The molecule has 19 heavy (non-hydrogen) atoms. The molecule has 0 atom stereocenters. The van der Waals surface area contributed by atoms with Crippen molar-refractivity contribution in [3.8, 4) is 0 Å². The van der Waals surface area contributed by atoms with Crippen LogP contribution < -0.4 is 5.32 Å². The van der Waals surface area contributed by atoms with Gasteiger partial charge in [0.15, 0.2) is 0 Å². The molecule has 0 unspecified atom stereocenters. The molecule has 0 spiro atoms. The molecule has 0 heterocycles. The van der Waals surface area contributed by atoms with Gasteiger partial charge in [0, 0.05) is 12.2 Å². The molecule has 2 aromatic rings. The lowest BCUT2D eigenvalue weighted by atomic mass is 10.0. The fraction of sp³-hybridized carbons (Fsp3) is 0.333. The summed E-state index contributed by atoms with van der Waals surface area (Å²) < 4.78 is 0. The molecule has 1 heteroatoms. The van der Waals surface area contributed by atoms with Gasteiger partial charge in [0.25, 0.3) is 0 Å². The van der Waals surface area contributed by atoms with Crippen LogP contribution in [-0.2, 0) is 6.54 Å². The number of hydrogen-bond acceptors (Lipinski definition) is 1. The maximum atomic E-state index is 3.58. The summed E-state index contributed by atoms with van der Waals surface area (Å²) in [7, 11) is 0. The molecule has 0 amide bonds. The third-order valence-corrected chi connectivity index (χ3v) is 3.56. The Bertz CT molecular complexity index is 555. The summed E-state index contributed by atoms with van der Waals surface area (Å²) in [5, 5.41) is 3.58. The van der Waals surface area contributed by atoms with E-state index in [1.807, 2.05) is 0 Å². The van der Waals surface area contributed by atoms with E-state index in [-0.39, 0.29) is 0 Å². The molecule has 1 N–H and O–H groups in total. The summed E-state index contributed by atoms with van der Waals surface area (Å²) in [6, 6.07) is 15.2. The van der Waals surface area contributed by atoms with Gasteiger partial charge in [-0.3, -0.25) is 0 Å². The fourth-order valence-electron chi connectivity index (χ4n) is 2.34.